The van der Waals surface area contributed by atoms with Gasteiger partial charge in [0.15, 0.2) is 0 Å². The molecule has 0 aliphatic carbocycles. The second-order valence-electron chi connectivity index (χ2n) is 1.73. The first-order chi connectivity index (χ1) is 3.29. The van der Waals surface area contributed by atoms with E-state index in [4.69, 9.17) is 0 Å². The largest absolute Gasteiger partial charge is 1.00 e. The van der Waals surface area contributed by atoms with Crippen LogP contribution in [0.25, 0.3) is 0 Å². The summed E-state index contributed by atoms with van der Waals surface area (Å²) in [6.07, 6.45) is 0. The van der Waals surface area contributed by atoms with Crippen LogP contribution in [0.5, 0.6) is 0 Å². The van der Waals surface area contributed by atoms with Gasteiger partial charge in [0.2, 0.25) is 0 Å². The molecule has 7 heavy (non-hydrogen) atoms. The molecule has 1 heterocycles. The standard InChI is InChI=1S/C6H8N/c1-5-3-4-6(2)7-5/h3-4H,1-2H3/q-1/p+1. The molecule has 1 aromatic heterocycles. The second kappa shape index (κ2) is 1.41. The Kier molecular flexibility index (Phi) is 0.895. The maximum atomic E-state index is 4.11. The molecule has 38 valence electrons. The Morgan fingerprint density at radius 1 is 1.29 bits per heavy atom. The molecular weight excluding hydrogens is 86.1 g/mol. The molecule has 0 aliphatic heterocycles. The van der Waals surface area contributed by atoms with E-state index in [1.807, 2.05) is 26.0 Å². The lowest BCUT2D eigenvalue weighted by Crippen LogP contribution is -1.73. The van der Waals surface area contributed by atoms with Gasteiger partial charge in [-0.15, -0.1) is 0 Å². The zero-order valence-corrected chi connectivity index (χ0v) is 4.60. The van der Waals surface area contributed by atoms with Crippen molar-refractivity contribution < 1.29 is 1.43 Å². The van der Waals surface area contributed by atoms with Gasteiger partial charge in [-0.3, -0.25) is 0 Å². The van der Waals surface area contributed by atoms with E-state index in [1.165, 1.54) is 0 Å². The number of aryl methyl sites for hydroxylation is 2. The zero-order chi connectivity index (χ0) is 5.28. The monoisotopic (exact) mass is 95.1 g/mol. The molecule has 0 aromatic carbocycles. The van der Waals surface area contributed by atoms with Gasteiger partial charge in [-0.05, 0) is 0 Å². The van der Waals surface area contributed by atoms with Crippen LogP contribution < -0.4 is 4.98 Å². The first-order valence-corrected chi connectivity index (χ1v) is 2.36. The summed E-state index contributed by atoms with van der Waals surface area (Å²) in [6, 6.07) is 4.02. The topological polar surface area (TPSA) is 14.1 Å². The first kappa shape index (κ1) is 4.44. The highest BCUT2D eigenvalue weighted by molar-refractivity contribution is 5.08. The van der Waals surface area contributed by atoms with Crippen molar-refractivity contribution in [3.63, 3.8) is 0 Å². The van der Waals surface area contributed by atoms with Crippen LogP contribution in [0.4, 0.5) is 0 Å². The van der Waals surface area contributed by atoms with E-state index < -0.39 is 0 Å². The average molecular weight is 95.1 g/mol. The van der Waals surface area contributed by atoms with E-state index in [0.717, 1.165) is 11.4 Å². The van der Waals surface area contributed by atoms with Crippen molar-refractivity contribution in [2.75, 3.05) is 0 Å². The fourth-order valence-corrected chi connectivity index (χ4v) is 0.594. The van der Waals surface area contributed by atoms with Crippen molar-refractivity contribution in [2.24, 2.45) is 0 Å². The highest BCUT2D eigenvalue weighted by Gasteiger charge is 1.69. The Morgan fingerprint density at radius 2 is 1.71 bits per heavy atom. The summed E-state index contributed by atoms with van der Waals surface area (Å²) < 4.78 is 0. The summed E-state index contributed by atoms with van der Waals surface area (Å²) in [4.78, 5) is 4.11. The molecule has 1 heteroatoms. The molecule has 0 unspecified atom stereocenters. The molecule has 0 saturated carbocycles. The van der Waals surface area contributed by atoms with Gasteiger partial charge in [-0.25, -0.2) is 0 Å². The summed E-state index contributed by atoms with van der Waals surface area (Å²) in [5.41, 5.74) is 2.22. The van der Waals surface area contributed by atoms with Gasteiger partial charge in [0.25, 0.3) is 0 Å². The maximum Gasteiger partial charge on any atom is 1.00 e. The van der Waals surface area contributed by atoms with Gasteiger partial charge in [-0.2, -0.15) is 11.4 Å². The Balaban J connectivity index is 0.000000490. The molecule has 0 bridgehead atoms. The van der Waals surface area contributed by atoms with E-state index in [1.54, 1.807) is 0 Å². The fraction of sp³-hybridized carbons (Fsp3) is 0.333. The fourth-order valence-electron chi connectivity index (χ4n) is 0.594. The first-order valence-electron chi connectivity index (χ1n) is 2.36. The van der Waals surface area contributed by atoms with Crippen molar-refractivity contribution >= 4 is 0 Å². The Hall–Kier alpha value is -0.720. The number of rotatable bonds is 0. The number of hydrogen-bond donors (Lipinski definition) is 0. The predicted molar refractivity (Wildman–Crippen MR) is 30.3 cm³/mol. The molecule has 1 nitrogen and oxygen atoms in total. The van der Waals surface area contributed by atoms with E-state index in [-0.39, 0.29) is 1.43 Å². The summed E-state index contributed by atoms with van der Waals surface area (Å²) in [5.74, 6) is 0. The maximum absolute atomic E-state index is 4.11. The molecule has 0 spiro atoms. The van der Waals surface area contributed by atoms with Gasteiger partial charge < -0.3 is 4.98 Å². The molecule has 1 aromatic rings. The second-order valence-corrected chi connectivity index (χ2v) is 1.73. The summed E-state index contributed by atoms with van der Waals surface area (Å²) in [5, 5.41) is 0. The molecule has 0 fully saturated rings. The van der Waals surface area contributed by atoms with Crippen molar-refractivity contribution in [2.45, 2.75) is 13.8 Å². The van der Waals surface area contributed by atoms with E-state index in [2.05, 4.69) is 4.98 Å². The molecule has 0 aliphatic rings. The van der Waals surface area contributed by atoms with Gasteiger partial charge in [0, 0.05) is 0 Å². The van der Waals surface area contributed by atoms with E-state index >= 15 is 0 Å². The van der Waals surface area contributed by atoms with Crippen LogP contribution in [-0.2, 0) is 0 Å². The van der Waals surface area contributed by atoms with E-state index in [9.17, 15) is 0 Å². The highest BCUT2D eigenvalue weighted by Crippen LogP contribution is 1.93. The zero-order valence-electron chi connectivity index (χ0n) is 5.60. The average Bonchev–Trinajstić information content (AvgIpc) is 1.87. The van der Waals surface area contributed by atoms with Crippen LogP contribution in [0, 0.1) is 13.8 Å². The van der Waals surface area contributed by atoms with Crippen LogP contribution in [0.3, 0.4) is 0 Å². The van der Waals surface area contributed by atoms with Crippen molar-refractivity contribution in [1.29, 1.82) is 0 Å². The van der Waals surface area contributed by atoms with Gasteiger partial charge in [-0.1, -0.05) is 26.0 Å². The minimum atomic E-state index is 0. The van der Waals surface area contributed by atoms with Gasteiger partial charge in [0.05, 0.1) is 0 Å². The molecule has 0 amide bonds. The van der Waals surface area contributed by atoms with Crippen LogP contribution in [0.2, 0.25) is 0 Å². The van der Waals surface area contributed by atoms with Crippen LogP contribution in [-0.4, -0.2) is 0 Å². The Labute approximate surface area is 44.9 Å². The predicted octanol–water partition coefficient (Wildman–Crippen LogP) is 1.37. The lowest BCUT2D eigenvalue weighted by molar-refractivity contribution is 1.16. The third-order valence-corrected chi connectivity index (χ3v) is 0.918. The summed E-state index contributed by atoms with van der Waals surface area (Å²) >= 11 is 0. The number of hydrogen-bond acceptors (Lipinski definition) is 0. The van der Waals surface area contributed by atoms with Gasteiger partial charge >= 0.3 is 1.43 Å². The lowest BCUT2D eigenvalue weighted by Gasteiger charge is -1.96. The van der Waals surface area contributed by atoms with Crippen LogP contribution in [0.1, 0.15) is 12.8 Å². The SMILES string of the molecule is Cc1ccc(C)[n-]1.[H+]. The third-order valence-electron chi connectivity index (χ3n) is 0.918. The lowest BCUT2D eigenvalue weighted by atomic mass is 10.5. The quantitative estimate of drug-likeness (QED) is 0.474. The molecular formula is C6H9N. The molecule has 1 rings (SSSR count). The molecule has 0 radical (unpaired) electrons. The highest BCUT2D eigenvalue weighted by atomic mass is 14.7. The van der Waals surface area contributed by atoms with Crippen LogP contribution >= 0.6 is 0 Å². The Bertz CT molecular complexity index is 141. The third kappa shape index (κ3) is 0.829. The number of aromatic nitrogens is 1. The van der Waals surface area contributed by atoms with E-state index in [0.29, 0.717) is 0 Å². The Morgan fingerprint density at radius 3 is 1.86 bits per heavy atom. The molecule has 0 N–H and O–H groups in total. The minimum absolute atomic E-state index is 0. The molecule has 0 atom stereocenters. The van der Waals surface area contributed by atoms with Gasteiger partial charge in [0.1, 0.15) is 0 Å². The van der Waals surface area contributed by atoms with Crippen molar-refractivity contribution in [3.05, 3.63) is 23.5 Å². The van der Waals surface area contributed by atoms with Crippen LogP contribution in [0.15, 0.2) is 12.1 Å². The minimum Gasteiger partial charge on any atom is -0.665 e. The number of nitrogens with zero attached hydrogens (tertiary/aromatic N) is 1. The molecule has 0 saturated heterocycles. The van der Waals surface area contributed by atoms with Crippen molar-refractivity contribution in [1.82, 2.24) is 4.98 Å². The summed E-state index contributed by atoms with van der Waals surface area (Å²) in [7, 11) is 0. The normalized spacial score (nSPS) is 9.43. The summed E-state index contributed by atoms with van der Waals surface area (Å²) in [6.45, 7) is 3.99. The smallest absolute Gasteiger partial charge is 0.665 e. The van der Waals surface area contributed by atoms with Crippen molar-refractivity contribution in [3.8, 4) is 0 Å².